The van der Waals surface area contributed by atoms with Crippen LogP contribution in [0.5, 0.6) is 0 Å². The minimum absolute atomic E-state index is 0.365. The standard InChI is InChI=1S/C17H20N4O3/c1-4-9-18-13-8-6-5-7-12(13)16(22)19-15(17(23)24)14-10(2)20-21-11(14)3/h4-8,15,18H,1,9H2,2-3H3,(H,19,22)(H,20,21)(H,23,24)/t15-/m1/s1. The summed E-state index contributed by atoms with van der Waals surface area (Å²) in [5, 5.41) is 21.9. The Labute approximate surface area is 139 Å². The fourth-order valence-corrected chi connectivity index (χ4v) is 2.47. The molecule has 2 aromatic rings. The molecule has 1 aromatic heterocycles. The lowest BCUT2D eigenvalue weighted by Gasteiger charge is -2.17. The molecular weight excluding hydrogens is 308 g/mol. The van der Waals surface area contributed by atoms with Gasteiger partial charge < -0.3 is 15.7 Å². The summed E-state index contributed by atoms with van der Waals surface area (Å²) in [4.78, 5) is 24.2. The minimum Gasteiger partial charge on any atom is -0.479 e. The van der Waals surface area contributed by atoms with Gasteiger partial charge in [-0.1, -0.05) is 18.2 Å². The van der Waals surface area contributed by atoms with Crippen LogP contribution in [0.15, 0.2) is 36.9 Å². The van der Waals surface area contributed by atoms with E-state index in [-0.39, 0.29) is 0 Å². The Kier molecular flexibility index (Phi) is 5.36. The van der Waals surface area contributed by atoms with Gasteiger partial charge in [0.15, 0.2) is 6.04 Å². The summed E-state index contributed by atoms with van der Waals surface area (Å²) in [7, 11) is 0. The summed E-state index contributed by atoms with van der Waals surface area (Å²) in [6.07, 6.45) is 1.67. The molecule has 0 saturated heterocycles. The number of H-pyrrole nitrogens is 1. The molecule has 126 valence electrons. The van der Waals surface area contributed by atoms with E-state index in [2.05, 4.69) is 27.4 Å². The van der Waals surface area contributed by atoms with Crippen molar-refractivity contribution in [1.82, 2.24) is 15.5 Å². The number of aryl methyl sites for hydroxylation is 2. The van der Waals surface area contributed by atoms with Crippen LogP contribution in [0.3, 0.4) is 0 Å². The fraction of sp³-hybridized carbons (Fsp3) is 0.235. The normalized spacial score (nSPS) is 11.6. The Morgan fingerprint density at radius 3 is 2.67 bits per heavy atom. The maximum absolute atomic E-state index is 12.6. The Morgan fingerprint density at radius 1 is 1.38 bits per heavy atom. The molecular formula is C17H20N4O3. The largest absolute Gasteiger partial charge is 0.479 e. The number of aliphatic carboxylic acids is 1. The predicted molar refractivity (Wildman–Crippen MR) is 91.0 cm³/mol. The van der Waals surface area contributed by atoms with Gasteiger partial charge in [-0.25, -0.2) is 4.79 Å². The average Bonchev–Trinajstić information content (AvgIpc) is 2.89. The summed E-state index contributed by atoms with van der Waals surface area (Å²) >= 11 is 0. The summed E-state index contributed by atoms with van der Waals surface area (Å²) in [6, 6.07) is 5.72. The molecule has 1 atom stereocenters. The van der Waals surface area contributed by atoms with Crippen molar-refractivity contribution in [3.05, 3.63) is 59.4 Å². The summed E-state index contributed by atoms with van der Waals surface area (Å²) in [5.41, 5.74) is 2.59. The number of carboxylic acid groups (broad SMARTS) is 1. The molecule has 0 aliphatic heterocycles. The van der Waals surface area contributed by atoms with E-state index < -0.39 is 17.9 Å². The van der Waals surface area contributed by atoms with Crippen molar-refractivity contribution >= 4 is 17.6 Å². The van der Waals surface area contributed by atoms with E-state index in [0.717, 1.165) is 0 Å². The Hall–Kier alpha value is -3.09. The van der Waals surface area contributed by atoms with Crippen LogP contribution in [0.4, 0.5) is 5.69 Å². The number of hydrogen-bond donors (Lipinski definition) is 4. The summed E-state index contributed by atoms with van der Waals surface area (Å²) in [5.74, 6) is -1.62. The molecule has 0 spiro atoms. The first-order chi connectivity index (χ1) is 11.5. The average molecular weight is 328 g/mol. The SMILES string of the molecule is C=CCNc1ccccc1C(=O)N[C@@H](C(=O)O)c1c(C)n[nH]c1C. The first-order valence-corrected chi connectivity index (χ1v) is 7.44. The lowest BCUT2D eigenvalue weighted by atomic mass is 10.0. The third-order valence-electron chi connectivity index (χ3n) is 3.60. The number of carbonyl (C=O) groups is 2. The summed E-state index contributed by atoms with van der Waals surface area (Å²) < 4.78 is 0. The van der Waals surface area contributed by atoms with Crippen molar-refractivity contribution in [1.29, 1.82) is 0 Å². The highest BCUT2D eigenvalue weighted by Crippen LogP contribution is 2.22. The van der Waals surface area contributed by atoms with Crippen LogP contribution in [-0.4, -0.2) is 33.7 Å². The van der Waals surface area contributed by atoms with Gasteiger partial charge in [0.2, 0.25) is 0 Å². The monoisotopic (exact) mass is 328 g/mol. The first-order valence-electron chi connectivity index (χ1n) is 7.44. The molecule has 1 heterocycles. The molecule has 0 aliphatic carbocycles. The first kappa shape index (κ1) is 17.3. The van der Waals surface area contributed by atoms with E-state index in [1.54, 1.807) is 44.2 Å². The van der Waals surface area contributed by atoms with Crippen LogP contribution in [0.1, 0.15) is 33.4 Å². The second-order valence-electron chi connectivity index (χ2n) is 5.31. The molecule has 0 unspecified atom stereocenters. The molecule has 0 saturated carbocycles. The quantitative estimate of drug-likeness (QED) is 0.583. The number of aromatic amines is 1. The van der Waals surface area contributed by atoms with Gasteiger partial charge in [0.05, 0.1) is 11.3 Å². The van der Waals surface area contributed by atoms with Crippen molar-refractivity contribution in [2.75, 3.05) is 11.9 Å². The topological polar surface area (TPSA) is 107 Å². The number of aromatic nitrogens is 2. The summed E-state index contributed by atoms with van der Waals surface area (Å²) in [6.45, 7) is 7.53. The Bertz CT molecular complexity index is 747. The third kappa shape index (κ3) is 3.62. The number of hydrogen-bond acceptors (Lipinski definition) is 4. The molecule has 0 radical (unpaired) electrons. The smallest absolute Gasteiger partial charge is 0.331 e. The van der Waals surface area contributed by atoms with Gasteiger partial charge >= 0.3 is 5.97 Å². The molecule has 7 nitrogen and oxygen atoms in total. The number of carboxylic acids is 1. The zero-order chi connectivity index (χ0) is 17.7. The maximum atomic E-state index is 12.6. The Morgan fingerprint density at radius 2 is 2.08 bits per heavy atom. The van der Waals surface area contributed by atoms with Gasteiger partial charge in [-0.3, -0.25) is 9.89 Å². The lowest BCUT2D eigenvalue weighted by Crippen LogP contribution is -2.34. The minimum atomic E-state index is -1.18. The number of amides is 1. The molecule has 1 amide bonds. The second kappa shape index (κ2) is 7.45. The van der Waals surface area contributed by atoms with Crippen LogP contribution < -0.4 is 10.6 Å². The highest BCUT2D eigenvalue weighted by atomic mass is 16.4. The molecule has 0 bridgehead atoms. The van der Waals surface area contributed by atoms with E-state index in [9.17, 15) is 14.7 Å². The predicted octanol–water partition coefficient (Wildman–Crippen LogP) is 2.18. The van der Waals surface area contributed by atoms with Crippen molar-refractivity contribution in [3.8, 4) is 0 Å². The van der Waals surface area contributed by atoms with Gasteiger partial charge in [0.25, 0.3) is 5.91 Å². The van der Waals surface area contributed by atoms with Gasteiger partial charge in [0.1, 0.15) is 0 Å². The van der Waals surface area contributed by atoms with Gasteiger partial charge in [-0.2, -0.15) is 5.10 Å². The van der Waals surface area contributed by atoms with E-state index in [1.165, 1.54) is 0 Å². The van der Waals surface area contributed by atoms with Gasteiger partial charge in [0, 0.05) is 23.5 Å². The number of nitrogens with zero attached hydrogens (tertiary/aromatic N) is 1. The van der Waals surface area contributed by atoms with Gasteiger partial charge in [-0.15, -0.1) is 6.58 Å². The molecule has 0 fully saturated rings. The fourth-order valence-electron chi connectivity index (χ4n) is 2.47. The van der Waals surface area contributed by atoms with E-state index in [4.69, 9.17) is 0 Å². The molecule has 24 heavy (non-hydrogen) atoms. The molecule has 1 aromatic carbocycles. The number of benzene rings is 1. The molecule has 4 N–H and O–H groups in total. The number of para-hydroxylation sites is 1. The molecule has 0 aliphatic rings. The zero-order valence-corrected chi connectivity index (χ0v) is 13.6. The Balaban J connectivity index is 2.30. The van der Waals surface area contributed by atoms with Crippen LogP contribution in [-0.2, 0) is 4.79 Å². The zero-order valence-electron chi connectivity index (χ0n) is 13.6. The number of carbonyl (C=O) groups excluding carboxylic acids is 1. The van der Waals surface area contributed by atoms with Crippen molar-refractivity contribution < 1.29 is 14.7 Å². The highest BCUT2D eigenvalue weighted by molar-refractivity contribution is 6.01. The van der Waals surface area contributed by atoms with Gasteiger partial charge in [-0.05, 0) is 26.0 Å². The van der Waals surface area contributed by atoms with E-state index in [1.807, 2.05) is 0 Å². The molecule has 7 heteroatoms. The van der Waals surface area contributed by atoms with E-state index >= 15 is 0 Å². The number of anilines is 1. The highest BCUT2D eigenvalue weighted by Gasteiger charge is 2.28. The van der Waals surface area contributed by atoms with Crippen LogP contribution in [0.25, 0.3) is 0 Å². The van der Waals surface area contributed by atoms with Crippen LogP contribution in [0, 0.1) is 13.8 Å². The van der Waals surface area contributed by atoms with Crippen molar-refractivity contribution in [3.63, 3.8) is 0 Å². The lowest BCUT2D eigenvalue weighted by molar-refractivity contribution is -0.139. The third-order valence-corrected chi connectivity index (χ3v) is 3.60. The molecule has 2 rings (SSSR count). The van der Waals surface area contributed by atoms with Crippen LogP contribution >= 0.6 is 0 Å². The van der Waals surface area contributed by atoms with Crippen LogP contribution in [0.2, 0.25) is 0 Å². The second-order valence-corrected chi connectivity index (χ2v) is 5.31. The number of nitrogens with one attached hydrogen (secondary N) is 3. The van der Waals surface area contributed by atoms with E-state index in [0.29, 0.717) is 34.7 Å². The maximum Gasteiger partial charge on any atom is 0.331 e. The van der Waals surface area contributed by atoms with Crippen molar-refractivity contribution in [2.45, 2.75) is 19.9 Å². The number of rotatable bonds is 7. The van der Waals surface area contributed by atoms with Crippen molar-refractivity contribution in [2.24, 2.45) is 0 Å².